The van der Waals surface area contributed by atoms with Gasteiger partial charge in [0.05, 0.1) is 19.8 Å². The molecule has 1 aliphatic rings. The van der Waals surface area contributed by atoms with Crippen LogP contribution in [0.5, 0.6) is 5.75 Å². The molecular formula is C16H26ClN3O5S. The van der Waals surface area contributed by atoms with Crippen LogP contribution in [0.3, 0.4) is 0 Å². The summed E-state index contributed by atoms with van der Waals surface area (Å²) in [4.78, 5) is 12.2. The minimum atomic E-state index is -3.69. The van der Waals surface area contributed by atoms with Crippen molar-refractivity contribution in [3.05, 3.63) is 18.2 Å². The first-order chi connectivity index (χ1) is 11.8. The van der Waals surface area contributed by atoms with Crippen LogP contribution in [0.2, 0.25) is 0 Å². The Morgan fingerprint density at radius 3 is 2.73 bits per heavy atom. The van der Waals surface area contributed by atoms with Gasteiger partial charge in [-0.1, -0.05) is 0 Å². The van der Waals surface area contributed by atoms with E-state index in [9.17, 15) is 13.2 Å². The van der Waals surface area contributed by atoms with E-state index in [0.717, 1.165) is 4.31 Å². The van der Waals surface area contributed by atoms with Crippen LogP contribution in [0.15, 0.2) is 23.1 Å². The largest absolute Gasteiger partial charge is 0.492 e. The molecule has 0 saturated carbocycles. The second-order valence-corrected chi connectivity index (χ2v) is 7.98. The lowest BCUT2D eigenvalue weighted by molar-refractivity contribution is -0.117. The fourth-order valence-corrected chi connectivity index (χ4v) is 3.50. The van der Waals surface area contributed by atoms with Gasteiger partial charge in [0.25, 0.3) is 0 Å². The molecule has 1 amide bonds. The second kappa shape index (κ2) is 10.1. The molecule has 2 N–H and O–H groups in total. The number of anilines is 1. The van der Waals surface area contributed by atoms with E-state index < -0.39 is 10.0 Å². The summed E-state index contributed by atoms with van der Waals surface area (Å²) in [6, 6.07) is 4.56. The molecule has 1 unspecified atom stereocenters. The van der Waals surface area contributed by atoms with Crippen molar-refractivity contribution in [2.45, 2.75) is 24.3 Å². The quantitative estimate of drug-likeness (QED) is 0.701. The molecule has 0 radical (unpaired) electrons. The number of nitrogens with zero attached hydrogens (tertiary/aromatic N) is 1. The number of carbonyl (C=O) groups excluding carboxylic acids is 1. The Kier molecular flexibility index (Phi) is 8.78. The van der Waals surface area contributed by atoms with Crippen molar-refractivity contribution in [1.82, 2.24) is 9.62 Å². The van der Waals surface area contributed by atoms with Crippen molar-refractivity contribution in [2.24, 2.45) is 0 Å². The molecule has 10 heteroatoms. The van der Waals surface area contributed by atoms with Gasteiger partial charge in [0.15, 0.2) is 0 Å². The predicted octanol–water partition coefficient (Wildman–Crippen LogP) is 1.07. The van der Waals surface area contributed by atoms with E-state index in [0.29, 0.717) is 32.1 Å². The number of nitrogens with one attached hydrogen (secondary N) is 2. The van der Waals surface area contributed by atoms with Gasteiger partial charge in [-0.05, 0) is 25.1 Å². The summed E-state index contributed by atoms with van der Waals surface area (Å²) in [5.41, 5.74) is 0.408. The van der Waals surface area contributed by atoms with Crippen molar-refractivity contribution in [3.8, 4) is 5.75 Å². The molecule has 0 bridgehead atoms. The summed E-state index contributed by atoms with van der Waals surface area (Å²) in [5.74, 6) is 0.0527. The number of carbonyl (C=O) groups is 1. The summed E-state index contributed by atoms with van der Waals surface area (Å²) >= 11 is 0. The van der Waals surface area contributed by atoms with E-state index in [4.69, 9.17) is 9.47 Å². The third-order valence-corrected chi connectivity index (χ3v) is 5.55. The highest BCUT2D eigenvalue weighted by atomic mass is 35.5. The molecule has 8 nitrogen and oxygen atoms in total. The molecule has 26 heavy (non-hydrogen) atoms. The van der Waals surface area contributed by atoms with Crippen LogP contribution in [0.25, 0.3) is 0 Å². The minimum absolute atomic E-state index is 0. The topological polar surface area (TPSA) is 97.0 Å². The van der Waals surface area contributed by atoms with E-state index in [1.54, 1.807) is 19.1 Å². The molecule has 1 atom stereocenters. The predicted molar refractivity (Wildman–Crippen MR) is 102 cm³/mol. The molecule has 1 fully saturated rings. The number of hydrogen-bond acceptors (Lipinski definition) is 6. The van der Waals surface area contributed by atoms with Crippen LogP contribution in [-0.2, 0) is 19.6 Å². The molecule has 0 aliphatic carbocycles. The van der Waals surface area contributed by atoms with Gasteiger partial charge in [-0.15, -0.1) is 12.4 Å². The van der Waals surface area contributed by atoms with Gasteiger partial charge in [0.2, 0.25) is 15.9 Å². The standard InChI is InChI=1S/C16H25N3O5S.ClH/c1-4-24-14-6-5-12(9-15(14)25(21,22)19(2)3)18-16(20)10-13-11-23-8-7-17-13;/h5-6,9,13,17H,4,7-8,10-11H2,1-3H3,(H,18,20);1H. The summed E-state index contributed by atoms with van der Waals surface area (Å²) in [7, 11) is -0.792. The Labute approximate surface area is 160 Å². The highest BCUT2D eigenvalue weighted by Gasteiger charge is 2.24. The smallest absolute Gasteiger partial charge is 0.246 e. The Morgan fingerprint density at radius 2 is 2.15 bits per heavy atom. The summed E-state index contributed by atoms with van der Waals surface area (Å²) in [5, 5.41) is 5.94. The average molecular weight is 408 g/mol. The third-order valence-electron chi connectivity index (χ3n) is 3.72. The molecule has 1 saturated heterocycles. The number of rotatable bonds is 7. The van der Waals surface area contributed by atoms with Crippen LogP contribution < -0.4 is 15.4 Å². The van der Waals surface area contributed by atoms with Gasteiger partial charge in [-0.25, -0.2) is 12.7 Å². The van der Waals surface area contributed by atoms with Crippen molar-refractivity contribution in [3.63, 3.8) is 0 Å². The number of benzene rings is 1. The number of halogens is 1. The molecule has 1 heterocycles. The maximum atomic E-state index is 12.5. The average Bonchev–Trinajstić information content (AvgIpc) is 2.57. The van der Waals surface area contributed by atoms with E-state index >= 15 is 0 Å². The molecule has 1 aromatic carbocycles. The maximum absolute atomic E-state index is 12.5. The summed E-state index contributed by atoms with van der Waals surface area (Å²) in [6.45, 7) is 3.96. The van der Waals surface area contributed by atoms with Crippen LogP contribution in [0, 0.1) is 0 Å². The van der Waals surface area contributed by atoms with E-state index in [-0.39, 0.29) is 41.4 Å². The number of amides is 1. The lowest BCUT2D eigenvalue weighted by Crippen LogP contribution is -2.43. The second-order valence-electron chi connectivity index (χ2n) is 5.86. The zero-order chi connectivity index (χ0) is 18.4. The van der Waals surface area contributed by atoms with Crippen molar-refractivity contribution >= 4 is 34.0 Å². The van der Waals surface area contributed by atoms with Gasteiger partial charge >= 0.3 is 0 Å². The molecule has 148 valence electrons. The number of morpholine rings is 1. The Balaban J connectivity index is 0.00000338. The molecular weight excluding hydrogens is 382 g/mol. The van der Waals surface area contributed by atoms with Crippen LogP contribution in [-0.4, -0.2) is 65.1 Å². The lowest BCUT2D eigenvalue weighted by atomic mass is 10.2. The van der Waals surface area contributed by atoms with Crippen LogP contribution >= 0.6 is 12.4 Å². The first-order valence-electron chi connectivity index (χ1n) is 8.15. The molecule has 1 aromatic rings. The Morgan fingerprint density at radius 1 is 1.42 bits per heavy atom. The van der Waals surface area contributed by atoms with Crippen LogP contribution in [0.4, 0.5) is 5.69 Å². The maximum Gasteiger partial charge on any atom is 0.246 e. The van der Waals surface area contributed by atoms with Gasteiger partial charge in [-0.3, -0.25) is 4.79 Å². The first kappa shape index (κ1) is 22.7. The third kappa shape index (κ3) is 5.82. The SMILES string of the molecule is CCOc1ccc(NC(=O)CC2COCCN2)cc1S(=O)(=O)N(C)C.Cl. The van der Waals surface area contributed by atoms with Crippen LogP contribution in [0.1, 0.15) is 13.3 Å². The summed E-state index contributed by atoms with van der Waals surface area (Å²) in [6.07, 6.45) is 0.253. The van der Waals surface area contributed by atoms with Gasteiger partial charge < -0.3 is 20.1 Å². The van der Waals surface area contributed by atoms with Crippen molar-refractivity contribution in [2.75, 3.05) is 45.8 Å². The normalized spacial score (nSPS) is 17.5. The number of hydrogen-bond donors (Lipinski definition) is 2. The van der Waals surface area contributed by atoms with Crippen molar-refractivity contribution in [1.29, 1.82) is 0 Å². The highest BCUT2D eigenvalue weighted by molar-refractivity contribution is 7.89. The van der Waals surface area contributed by atoms with E-state index in [2.05, 4.69) is 10.6 Å². The van der Waals surface area contributed by atoms with E-state index in [1.807, 2.05) is 0 Å². The minimum Gasteiger partial charge on any atom is -0.492 e. The summed E-state index contributed by atoms with van der Waals surface area (Å²) < 4.78 is 36.8. The van der Waals surface area contributed by atoms with Gasteiger partial charge in [0, 0.05) is 38.8 Å². The highest BCUT2D eigenvalue weighted by Crippen LogP contribution is 2.29. The lowest BCUT2D eigenvalue weighted by Gasteiger charge is -2.23. The monoisotopic (exact) mass is 407 g/mol. The number of ether oxygens (including phenoxy) is 2. The Bertz CT molecular complexity index is 706. The van der Waals surface area contributed by atoms with E-state index in [1.165, 1.54) is 20.2 Å². The molecule has 1 aliphatic heterocycles. The fourth-order valence-electron chi connectivity index (χ4n) is 2.45. The molecule has 0 aromatic heterocycles. The first-order valence-corrected chi connectivity index (χ1v) is 9.59. The molecule has 2 rings (SSSR count). The Hall–Kier alpha value is -1.39. The molecule has 0 spiro atoms. The zero-order valence-electron chi connectivity index (χ0n) is 15.1. The van der Waals surface area contributed by atoms with Crippen molar-refractivity contribution < 1.29 is 22.7 Å². The number of sulfonamides is 1. The van der Waals surface area contributed by atoms with Gasteiger partial charge in [0.1, 0.15) is 10.6 Å². The van der Waals surface area contributed by atoms with Gasteiger partial charge in [-0.2, -0.15) is 0 Å². The zero-order valence-corrected chi connectivity index (χ0v) is 16.8. The fraction of sp³-hybridized carbons (Fsp3) is 0.562.